The molecule has 1 fully saturated rings. The zero-order valence-corrected chi connectivity index (χ0v) is 18.2. The second-order valence-corrected chi connectivity index (χ2v) is 8.91. The summed E-state index contributed by atoms with van der Waals surface area (Å²) in [6, 6.07) is 0. The number of ether oxygens (including phenoxy) is 2. The molecule has 0 radical (unpaired) electrons. The summed E-state index contributed by atoms with van der Waals surface area (Å²) in [7, 11) is 0. The molecule has 0 bridgehead atoms. The summed E-state index contributed by atoms with van der Waals surface area (Å²) < 4.78 is 11.1. The van der Waals surface area contributed by atoms with Crippen molar-refractivity contribution in [2.24, 2.45) is 10.9 Å². The molecule has 2 N–H and O–H groups in total. The van der Waals surface area contributed by atoms with E-state index in [1.807, 2.05) is 0 Å². The molecule has 6 nitrogen and oxygen atoms in total. The molecule has 7 heteroatoms. The maximum atomic E-state index is 5.73. The predicted octanol–water partition coefficient (Wildman–Crippen LogP) is 2.98. The molecule has 1 aliphatic heterocycles. The normalized spacial score (nSPS) is 18.1. The van der Waals surface area contributed by atoms with Gasteiger partial charge in [0, 0.05) is 56.0 Å². The molecular weight excluding hydrogens is 360 g/mol. The van der Waals surface area contributed by atoms with E-state index >= 15 is 0 Å². The minimum absolute atomic E-state index is 0.116. The van der Waals surface area contributed by atoms with Crippen LogP contribution in [0.4, 0.5) is 0 Å². The van der Waals surface area contributed by atoms with Gasteiger partial charge < -0.3 is 20.1 Å². The van der Waals surface area contributed by atoms with Gasteiger partial charge in [-0.3, -0.25) is 4.99 Å². The van der Waals surface area contributed by atoms with E-state index < -0.39 is 0 Å². The van der Waals surface area contributed by atoms with Crippen molar-refractivity contribution in [3.63, 3.8) is 0 Å². The van der Waals surface area contributed by atoms with Gasteiger partial charge in [0.15, 0.2) is 5.96 Å². The van der Waals surface area contributed by atoms with Crippen molar-refractivity contribution in [2.75, 3.05) is 46.1 Å². The van der Waals surface area contributed by atoms with Crippen LogP contribution in [0.5, 0.6) is 0 Å². The minimum Gasteiger partial charge on any atom is -0.381 e. The highest BCUT2D eigenvalue weighted by atomic mass is 32.1. The van der Waals surface area contributed by atoms with Gasteiger partial charge in [0.2, 0.25) is 0 Å². The van der Waals surface area contributed by atoms with Crippen LogP contribution >= 0.6 is 11.3 Å². The maximum Gasteiger partial charge on any atom is 0.191 e. The molecule has 1 atom stereocenters. The van der Waals surface area contributed by atoms with Crippen molar-refractivity contribution in [3.8, 4) is 0 Å². The Hall–Kier alpha value is -1.18. The fourth-order valence-corrected chi connectivity index (χ4v) is 3.75. The molecule has 0 saturated carbocycles. The van der Waals surface area contributed by atoms with E-state index in [1.165, 1.54) is 10.7 Å². The molecule has 154 valence electrons. The summed E-state index contributed by atoms with van der Waals surface area (Å²) in [5.41, 5.74) is 1.29. The first-order valence-corrected chi connectivity index (χ1v) is 11.0. The molecule has 2 heterocycles. The number of thiazole rings is 1. The monoisotopic (exact) mass is 396 g/mol. The topological polar surface area (TPSA) is 67.8 Å². The summed E-state index contributed by atoms with van der Waals surface area (Å²) in [6.07, 6.45) is 2.98. The van der Waals surface area contributed by atoms with Crippen LogP contribution in [0.1, 0.15) is 51.2 Å². The summed E-state index contributed by atoms with van der Waals surface area (Å²) in [4.78, 5) is 9.38. The van der Waals surface area contributed by atoms with Crippen molar-refractivity contribution in [2.45, 2.75) is 52.4 Å². The molecular formula is C20H36N4O2S. The molecule has 1 aromatic rings. The average Bonchev–Trinajstić information content (AvgIpc) is 3.29. The van der Waals surface area contributed by atoms with Crippen LogP contribution < -0.4 is 10.6 Å². The zero-order valence-electron chi connectivity index (χ0n) is 17.3. The second kappa shape index (κ2) is 11.6. The van der Waals surface area contributed by atoms with Crippen molar-refractivity contribution >= 4 is 17.3 Å². The lowest BCUT2D eigenvalue weighted by molar-refractivity contribution is 0.0893. The van der Waals surface area contributed by atoms with Crippen molar-refractivity contribution in [1.82, 2.24) is 15.6 Å². The van der Waals surface area contributed by atoms with E-state index in [4.69, 9.17) is 14.5 Å². The molecule has 27 heavy (non-hydrogen) atoms. The standard InChI is InChI=1S/C20H36N4O2S/c1-5-21-19(22-9-6-11-25-13-16-8-12-26-14-16)23-10-7-18-24-17(15-27-18)20(2,3)4/h15-16H,5-14H2,1-4H3,(H2,21,22,23). The van der Waals surface area contributed by atoms with E-state index in [1.54, 1.807) is 11.3 Å². The third kappa shape index (κ3) is 8.58. The average molecular weight is 397 g/mol. The maximum absolute atomic E-state index is 5.73. The Morgan fingerprint density at radius 1 is 1.41 bits per heavy atom. The first-order valence-electron chi connectivity index (χ1n) is 10.1. The number of hydrogen-bond acceptors (Lipinski definition) is 5. The molecule has 0 spiro atoms. The van der Waals surface area contributed by atoms with Gasteiger partial charge in [-0.1, -0.05) is 20.8 Å². The highest BCUT2D eigenvalue weighted by Crippen LogP contribution is 2.23. The third-order valence-corrected chi connectivity index (χ3v) is 5.30. The number of hydrogen-bond donors (Lipinski definition) is 2. The van der Waals surface area contributed by atoms with Gasteiger partial charge in [0.25, 0.3) is 0 Å². The number of nitrogens with one attached hydrogen (secondary N) is 2. The van der Waals surface area contributed by atoms with Gasteiger partial charge in [-0.25, -0.2) is 4.98 Å². The van der Waals surface area contributed by atoms with E-state index in [0.717, 1.165) is 71.3 Å². The molecule has 2 rings (SSSR count). The van der Waals surface area contributed by atoms with Crippen molar-refractivity contribution in [1.29, 1.82) is 0 Å². The largest absolute Gasteiger partial charge is 0.381 e. The van der Waals surface area contributed by atoms with Crippen LogP contribution in [0.15, 0.2) is 10.4 Å². The number of aromatic nitrogens is 1. The lowest BCUT2D eigenvalue weighted by atomic mass is 9.93. The molecule has 1 unspecified atom stereocenters. The quantitative estimate of drug-likeness (QED) is 0.362. The SMILES string of the molecule is CCNC(=NCCCOCC1CCOC1)NCCc1nc(C(C)(C)C)cs1. The molecule has 0 aromatic carbocycles. The summed E-state index contributed by atoms with van der Waals surface area (Å²) in [5.74, 6) is 1.45. The Balaban J connectivity index is 1.63. The Bertz CT molecular complexity index is 563. The highest BCUT2D eigenvalue weighted by molar-refractivity contribution is 7.09. The van der Waals surface area contributed by atoms with E-state index in [0.29, 0.717) is 5.92 Å². The second-order valence-electron chi connectivity index (χ2n) is 7.97. The fraction of sp³-hybridized carbons (Fsp3) is 0.800. The first-order chi connectivity index (χ1) is 13.0. The molecule has 1 saturated heterocycles. The Morgan fingerprint density at radius 3 is 2.93 bits per heavy atom. The zero-order chi connectivity index (χ0) is 19.5. The van der Waals surface area contributed by atoms with Gasteiger partial charge in [0.05, 0.1) is 23.9 Å². The van der Waals surface area contributed by atoms with E-state index in [-0.39, 0.29) is 5.41 Å². The molecule has 0 amide bonds. The van der Waals surface area contributed by atoms with Crippen LogP contribution in [-0.2, 0) is 21.3 Å². The van der Waals surface area contributed by atoms with Crippen LogP contribution in [0, 0.1) is 5.92 Å². The number of aliphatic imine (C=N–C) groups is 1. The smallest absolute Gasteiger partial charge is 0.191 e. The summed E-state index contributed by atoms with van der Waals surface area (Å²) in [5, 5.41) is 10.0. The Morgan fingerprint density at radius 2 is 2.26 bits per heavy atom. The van der Waals surface area contributed by atoms with Gasteiger partial charge in [0.1, 0.15) is 0 Å². The fourth-order valence-electron chi connectivity index (χ4n) is 2.72. The van der Waals surface area contributed by atoms with Crippen LogP contribution in [-0.4, -0.2) is 57.0 Å². The van der Waals surface area contributed by atoms with Crippen LogP contribution in [0.3, 0.4) is 0 Å². The van der Waals surface area contributed by atoms with Gasteiger partial charge in [-0.15, -0.1) is 11.3 Å². The lowest BCUT2D eigenvalue weighted by Crippen LogP contribution is -2.38. The van der Waals surface area contributed by atoms with Gasteiger partial charge in [-0.05, 0) is 19.8 Å². The van der Waals surface area contributed by atoms with Gasteiger partial charge in [-0.2, -0.15) is 0 Å². The van der Waals surface area contributed by atoms with Crippen LogP contribution in [0.25, 0.3) is 0 Å². The lowest BCUT2D eigenvalue weighted by Gasteiger charge is -2.14. The van der Waals surface area contributed by atoms with Crippen LogP contribution in [0.2, 0.25) is 0 Å². The number of nitrogens with zero attached hydrogens (tertiary/aromatic N) is 2. The Labute approximate surface area is 168 Å². The Kier molecular flexibility index (Phi) is 9.51. The third-order valence-electron chi connectivity index (χ3n) is 4.39. The van der Waals surface area contributed by atoms with Gasteiger partial charge >= 0.3 is 0 Å². The van der Waals surface area contributed by atoms with Crippen molar-refractivity contribution in [3.05, 3.63) is 16.1 Å². The number of guanidine groups is 1. The first kappa shape index (κ1) is 22.1. The minimum atomic E-state index is 0.116. The van der Waals surface area contributed by atoms with E-state index in [2.05, 4.69) is 48.7 Å². The highest BCUT2D eigenvalue weighted by Gasteiger charge is 2.17. The molecule has 1 aromatic heterocycles. The number of rotatable bonds is 10. The summed E-state index contributed by atoms with van der Waals surface area (Å²) >= 11 is 1.74. The van der Waals surface area contributed by atoms with Crippen molar-refractivity contribution < 1.29 is 9.47 Å². The van der Waals surface area contributed by atoms with E-state index in [9.17, 15) is 0 Å². The molecule has 1 aliphatic rings. The summed E-state index contributed by atoms with van der Waals surface area (Å²) in [6.45, 7) is 14.4. The predicted molar refractivity (Wildman–Crippen MR) is 113 cm³/mol. The molecule has 0 aliphatic carbocycles.